The quantitative estimate of drug-likeness (QED) is 0.809. The number of amides is 2. The van der Waals surface area contributed by atoms with Crippen LogP contribution in [0.15, 0.2) is 6.07 Å². The van der Waals surface area contributed by atoms with Crippen molar-refractivity contribution in [1.29, 1.82) is 0 Å². The molecule has 156 valence electrons. The molecule has 0 spiro atoms. The summed E-state index contributed by atoms with van der Waals surface area (Å²) in [6.45, 7) is 5.66. The van der Waals surface area contributed by atoms with Gasteiger partial charge in [-0.3, -0.25) is 9.59 Å². The van der Waals surface area contributed by atoms with Crippen molar-refractivity contribution in [3.05, 3.63) is 21.4 Å². The number of likely N-dealkylation sites (tertiary alicyclic amines) is 1. The van der Waals surface area contributed by atoms with Crippen LogP contribution in [0, 0.1) is 5.41 Å². The van der Waals surface area contributed by atoms with E-state index in [1.54, 1.807) is 18.4 Å². The SMILES string of the molecule is COC1CCN(C(=O)C(C)(C)CNC(=O)c2cc3c(s2)CCCCCC3)CC1. The molecule has 28 heavy (non-hydrogen) atoms. The number of hydrogen-bond acceptors (Lipinski definition) is 4. The second-order valence-corrected chi connectivity index (χ2v) is 9.90. The number of rotatable bonds is 5. The average Bonchev–Trinajstić information content (AvgIpc) is 3.07. The zero-order valence-electron chi connectivity index (χ0n) is 17.5. The number of nitrogens with one attached hydrogen (secondary N) is 1. The molecule has 5 nitrogen and oxygen atoms in total. The lowest BCUT2D eigenvalue weighted by Crippen LogP contribution is -2.50. The summed E-state index contributed by atoms with van der Waals surface area (Å²) in [4.78, 5) is 29.7. The van der Waals surface area contributed by atoms with Crippen molar-refractivity contribution in [3.63, 3.8) is 0 Å². The molecule has 1 aliphatic carbocycles. The predicted octanol–water partition coefficient (Wildman–Crippen LogP) is 3.80. The Hall–Kier alpha value is -1.40. The van der Waals surface area contributed by atoms with Crippen LogP contribution in [0.5, 0.6) is 0 Å². The van der Waals surface area contributed by atoms with E-state index in [-0.39, 0.29) is 17.9 Å². The van der Waals surface area contributed by atoms with E-state index in [2.05, 4.69) is 11.4 Å². The molecule has 0 saturated carbocycles. The number of methoxy groups -OCH3 is 1. The lowest BCUT2D eigenvalue weighted by Gasteiger charge is -2.36. The van der Waals surface area contributed by atoms with E-state index in [1.165, 1.54) is 36.1 Å². The molecule has 1 aromatic rings. The van der Waals surface area contributed by atoms with Gasteiger partial charge in [-0.05, 0) is 64.0 Å². The Morgan fingerprint density at radius 2 is 1.86 bits per heavy atom. The number of piperidine rings is 1. The maximum atomic E-state index is 12.9. The van der Waals surface area contributed by atoms with Gasteiger partial charge in [-0.25, -0.2) is 0 Å². The molecule has 0 radical (unpaired) electrons. The Bertz CT molecular complexity index is 664. The molecule has 1 fully saturated rings. The van der Waals surface area contributed by atoms with Crippen LogP contribution in [0.2, 0.25) is 0 Å². The Labute approximate surface area is 172 Å². The van der Waals surface area contributed by atoms with Crippen LogP contribution in [-0.2, 0) is 22.4 Å². The molecular weight excluding hydrogens is 372 g/mol. The van der Waals surface area contributed by atoms with E-state index in [9.17, 15) is 9.59 Å². The first-order valence-electron chi connectivity index (χ1n) is 10.6. The van der Waals surface area contributed by atoms with Gasteiger partial charge in [0, 0.05) is 31.6 Å². The monoisotopic (exact) mass is 406 g/mol. The summed E-state index contributed by atoms with van der Waals surface area (Å²) in [5.74, 6) is 0.0662. The van der Waals surface area contributed by atoms with Crippen molar-refractivity contribution in [1.82, 2.24) is 10.2 Å². The van der Waals surface area contributed by atoms with Crippen molar-refractivity contribution in [2.24, 2.45) is 5.41 Å². The maximum Gasteiger partial charge on any atom is 0.261 e. The first-order chi connectivity index (χ1) is 13.4. The summed E-state index contributed by atoms with van der Waals surface area (Å²) in [7, 11) is 1.73. The molecule has 2 amide bonds. The third kappa shape index (κ3) is 5.15. The van der Waals surface area contributed by atoms with Crippen LogP contribution in [0.25, 0.3) is 0 Å². The average molecular weight is 407 g/mol. The highest BCUT2D eigenvalue weighted by Gasteiger charge is 2.34. The fourth-order valence-electron chi connectivity index (χ4n) is 4.14. The number of aryl methyl sites for hydroxylation is 2. The van der Waals surface area contributed by atoms with E-state index in [1.807, 2.05) is 18.7 Å². The van der Waals surface area contributed by atoms with Crippen molar-refractivity contribution < 1.29 is 14.3 Å². The van der Waals surface area contributed by atoms with Gasteiger partial charge in [0.2, 0.25) is 5.91 Å². The summed E-state index contributed by atoms with van der Waals surface area (Å²) in [5, 5.41) is 3.02. The van der Waals surface area contributed by atoms with Gasteiger partial charge in [0.05, 0.1) is 16.4 Å². The fourth-order valence-corrected chi connectivity index (χ4v) is 5.31. The standard InChI is InChI=1S/C22H34N2O3S/c1-22(2,21(26)24-12-10-17(27-3)11-13-24)15-23-20(25)19-14-16-8-6-4-5-7-9-18(16)28-19/h14,17H,4-13,15H2,1-3H3,(H,23,25). The van der Waals surface area contributed by atoms with Crippen LogP contribution >= 0.6 is 11.3 Å². The van der Waals surface area contributed by atoms with Gasteiger partial charge in [-0.2, -0.15) is 0 Å². The molecule has 1 aliphatic heterocycles. The first kappa shape index (κ1) is 21.3. The van der Waals surface area contributed by atoms with Gasteiger partial charge in [0.15, 0.2) is 0 Å². The van der Waals surface area contributed by atoms with E-state index in [4.69, 9.17) is 4.74 Å². The van der Waals surface area contributed by atoms with Crippen molar-refractivity contribution in [2.45, 2.75) is 71.3 Å². The minimum Gasteiger partial charge on any atom is -0.381 e. The molecule has 1 saturated heterocycles. The van der Waals surface area contributed by atoms with E-state index < -0.39 is 5.41 Å². The summed E-state index contributed by atoms with van der Waals surface area (Å²) < 4.78 is 5.39. The van der Waals surface area contributed by atoms with Gasteiger partial charge in [0.1, 0.15) is 0 Å². The number of ether oxygens (including phenoxy) is 1. The molecule has 6 heteroatoms. The maximum absolute atomic E-state index is 12.9. The number of hydrogen-bond donors (Lipinski definition) is 1. The normalized spacial score (nSPS) is 18.9. The minimum atomic E-state index is -0.610. The highest BCUT2D eigenvalue weighted by molar-refractivity contribution is 7.14. The minimum absolute atomic E-state index is 0.0456. The van der Waals surface area contributed by atoms with Gasteiger partial charge in [-0.1, -0.05) is 12.8 Å². The van der Waals surface area contributed by atoms with Crippen molar-refractivity contribution in [3.8, 4) is 0 Å². The van der Waals surface area contributed by atoms with Crippen LogP contribution in [0.3, 0.4) is 0 Å². The number of carbonyl (C=O) groups is 2. The largest absolute Gasteiger partial charge is 0.381 e. The van der Waals surface area contributed by atoms with Gasteiger partial charge < -0.3 is 15.0 Å². The second-order valence-electron chi connectivity index (χ2n) is 8.77. The van der Waals surface area contributed by atoms with E-state index in [0.29, 0.717) is 6.54 Å². The van der Waals surface area contributed by atoms with Gasteiger partial charge in [0.25, 0.3) is 5.91 Å². The third-order valence-electron chi connectivity index (χ3n) is 6.05. The molecule has 1 N–H and O–H groups in total. The number of carbonyl (C=O) groups excluding carboxylic acids is 2. The Balaban J connectivity index is 1.55. The van der Waals surface area contributed by atoms with E-state index >= 15 is 0 Å². The van der Waals surface area contributed by atoms with Crippen LogP contribution in [0.4, 0.5) is 0 Å². The van der Waals surface area contributed by atoms with Crippen molar-refractivity contribution in [2.75, 3.05) is 26.7 Å². The molecule has 0 unspecified atom stereocenters. The molecule has 3 rings (SSSR count). The molecule has 2 aliphatic rings. The highest BCUT2D eigenvalue weighted by Crippen LogP contribution is 2.29. The third-order valence-corrected chi connectivity index (χ3v) is 7.29. The summed E-state index contributed by atoms with van der Waals surface area (Å²) in [6, 6.07) is 2.07. The molecule has 1 aromatic heterocycles. The zero-order valence-corrected chi connectivity index (χ0v) is 18.3. The lowest BCUT2D eigenvalue weighted by molar-refractivity contribution is -0.142. The van der Waals surface area contributed by atoms with Crippen LogP contribution in [-0.4, -0.2) is 49.6 Å². The van der Waals surface area contributed by atoms with Crippen LogP contribution in [0.1, 0.15) is 72.5 Å². The van der Waals surface area contributed by atoms with Crippen molar-refractivity contribution >= 4 is 23.2 Å². The Kier molecular flexibility index (Phi) is 7.15. The smallest absolute Gasteiger partial charge is 0.261 e. The topological polar surface area (TPSA) is 58.6 Å². The zero-order chi connectivity index (χ0) is 20.1. The predicted molar refractivity (Wildman–Crippen MR) is 113 cm³/mol. The number of thiophene rings is 1. The lowest BCUT2D eigenvalue weighted by atomic mass is 9.90. The molecule has 2 heterocycles. The summed E-state index contributed by atoms with van der Waals surface area (Å²) in [6.07, 6.45) is 9.20. The summed E-state index contributed by atoms with van der Waals surface area (Å²) in [5.41, 5.74) is 0.743. The highest BCUT2D eigenvalue weighted by atomic mass is 32.1. The van der Waals surface area contributed by atoms with E-state index in [0.717, 1.165) is 43.6 Å². The van der Waals surface area contributed by atoms with Gasteiger partial charge >= 0.3 is 0 Å². The second kappa shape index (κ2) is 9.40. The van der Waals surface area contributed by atoms with Crippen LogP contribution < -0.4 is 5.32 Å². The molecule has 0 bridgehead atoms. The molecular formula is C22H34N2O3S. The number of nitrogens with zero attached hydrogens (tertiary/aromatic N) is 1. The Morgan fingerprint density at radius 3 is 2.54 bits per heavy atom. The number of fused-ring (bicyclic) bond motifs is 1. The molecule has 0 aromatic carbocycles. The molecule has 0 atom stereocenters. The first-order valence-corrected chi connectivity index (χ1v) is 11.4. The summed E-state index contributed by atoms with van der Waals surface area (Å²) >= 11 is 1.63. The Morgan fingerprint density at radius 1 is 1.18 bits per heavy atom. The van der Waals surface area contributed by atoms with Gasteiger partial charge in [-0.15, -0.1) is 11.3 Å². The fraction of sp³-hybridized carbons (Fsp3) is 0.727.